The molecule has 0 aromatic rings. The Bertz CT molecular complexity index is 184. The standard InChI is InChI=1S/C9H18N2O2/c1-3-7(9(12)13)8-6-10-4-5-11(8)2/h7-8,10H,3-6H2,1-2H3,(H,12,13). The van der Waals surface area contributed by atoms with E-state index in [4.69, 9.17) is 5.11 Å². The number of carbonyl (C=O) groups is 1. The molecule has 2 N–H and O–H groups in total. The van der Waals surface area contributed by atoms with Gasteiger partial charge in [-0.05, 0) is 13.5 Å². The van der Waals surface area contributed by atoms with Crippen molar-refractivity contribution in [1.29, 1.82) is 0 Å². The molecule has 1 heterocycles. The van der Waals surface area contributed by atoms with Crippen molar-refractivity contribution in [2.45, 2.75) is 19.4 Å². The van der Waals surface area contributed by atoms with Crippen LogP contribution in [0, 0.1) is 5.92 Å². The number of carboxylic acid groups (broad SMARTS) is 1. The van der Waals surface area contributed by atoms with Gasteiger partial charge in [-0.25, -0.2) is 0 Å². The molecule has 1 aliphatic rings. The van der Waals surface area contributed by atoms with E-state index in [0.29, 0.717) is 6.42 Å². The van der Waals surface area contributed by atoms with E-state index >= 15 is 0 Å². The average Bonchev–Trinajstić information content (AvgIpc) is 2.09. The summed E-state index contributed by atoms with van der Waals surface area (Å²) < 4.78 is 0. The molecule has 76 valence electrons. The number of piperazine rings is 1. The third-order valence-electron chi connectivity index (χ3n) is 2.78. The number of likely N-dealkylation sites (N-methyl/N-ethyl adjacent to an activating group) is 1. The third kappa shape index (κ3) is 2.42. The van der Waals surface area contributed by atoms with E-state index in [0.717, 1.165) is 19.6 Å². The fraction of sp³-hybridized carbons (Fsp3) is 0.889. The lowest BCUT2D eigenvalue weighted by Gasteiger charge is -2.36. The topological polar surface area (TPSA) is 52.6 Å². The van der Waals surface area contributed by atoms with E-state index in [1.165, 1.54) is 0 Å². The SMILES string of the molecule is CCC(C(=O)O)C1CNCCN1C. The van der Waals surface area contributed by atoms with Gasteiger partial charge in [-0.2, -0.15) is 0 Å². The Morgan fingerprint density at radius 2 is 2.46 bits per heavy atom. The lowest BCUT2D eigenvalue weighted by atomic mass is 9.94. The van der Waals surface area contributed by atoms with Crippen LogP contribution < -0.4 is 5.32 Å². The van der Waals surface area contributed by atoms with Crippen molar-refractivity contribution in [3.63, 3.8) is 0 Å². The van der Waals surface area contributed by atoms with Crippen molar-refractivity contribution < 1.29 is 9.90 Å². The molecule has 0 aliphatic carbocycles. The van der Waals surface area contributed by atoms with Crippen LogP contribution in [0.3, 0.4) is 0 Å². The first kappa shape index (κ1) is 10.5. The van der Waals surface area contributed by atoms with Crippen LogP contribution in [-0.2, 0) is 4.79 Å². The van der Waals surface area contributed by atoms with Crippen LogP contribution in [-0.4, -0.2) is 48.7 Å². The Morgan fingerprint density at radius 3 is 2.92 bits per heavy atom. The molecule has 0 radical (unpaired) electrons. The fourth-order valence-electron chi connectivity index (χ4n) is 1.89. The smallest absolute Gasteiger partial charge is 0.308 e. The summed E-state index contributed by atoms with van der Waals surface area (Å²) >= 11 is 0. The number of hydrogen-bond donors (Lipinski definition) is 2. The van der Waals surface area contributed by atoms with Crippen LogP contribution in [0.15, 0.2) is 0 Å². The van der Waals surface area contributed by atoms with Gasteiger partial charge in [0, 0.05) is 25.7 Å². The molecule has 2 atom stereocenters. The summed E-state index contributed by atoms with van der Waals surface area (Å²) in [6.07, 6.45) is 0.700. The first-order valence-corrected chi connectivity index (χ1v) is 4.80. The van der Waals surface area contributed by atoms with E-state index in [1.807, 2.05) is 14.0 Å². The lowest BCUT2D eigenvalue weighted by Crippen LogP contribution is -2.54. The molecule has 0 bridgehead atoms. The van der Waals surface area contributed by atoms with Crippen LogP contribution in [0.25, 0.3) is 0 Å². The van der Waals surface area contributed by atoms with E-state index < -0.39 is 5.97 Å². The number of carboxylic acids is 1. The molecule has 13 heavy (non-hydrogen) atoms. The van der Waals surface area contributed by atoms with Gasteiger partial charge in [0.25, 0.3) is 0 Å². The van der Waals surface area contributed by atoms with Crippen molar-refractivity contribution in [3.05, 3.63) is 0 Å². The van der Waals surface area contributed by atoms with Crippen molar-refractivity contribution >= 4 is 5.97 Å². The molecule has 0 amide bonds. The van der Waals surface area contributed by atoms with Crippen molar-refractivity contribution in [1.82, 2.24) is 10.2 Å². The van der Waals surface area contributed by atoms with Gasteiger partial charge >= 0.3 is 5.97 Å². The molecule has 0 spiro atoms. The zero-order chi connectivity index (χ0) is 9.84. The predicted octanol–water partition coefficient (Wildman–Crippen LogP) is 0.000800. The number of rotatable bonds is 3. The highest BCUT2D eigenvalue weighted by Crippen LogP contribution is 2.15. The van der Waals surface area contributed by atoms with Crippen molar-refractivity contribution in [2.75, 3.05) is 26.7 Å². The quantitative estimate of drug-likeness (QED) is 0.651. The van der Waals surface area contributed by atoms with Crippen LogP contribution in [0.1, 0.15) is 13.3 Å². The molecular weight excluding hydrogens is 168 g/mol. The molecular formula is C9H18N2O2. The molecule has 2 unspecified atom stereocenters. The molecule has 0 aromatic carbocycles. The Morgan fingerprint density at radius 1 is 1.77 bits per heavy atom. The molecule has 0 aromatic heterocycles. The van der Waals surface area contributed by atoms with E-state index in [2.05, 4.69) is 10.2 Å². The molecule has 1 saturated heterocycles. The summed E-state index contributed by atoms with van der Waals surface area (Å²) in [5, 5.41) is 12.2. The van der Waals surface area contributed by atoms with Crippen LogP contribution in [0.2, 0.25) is 0 Å². The zero-order valence-corrected chi connectivity index (χ0v) is 8.29. The maximum Gasteiger partial charge on any atom is 0.308 e. The number of nitrogens with one attached hydrogen (secondary N) is 1. The Kier molecular flexibility index (Phi) is 3.69. The molecule has 4 heteroatoms. The van der Waals surface area contributed by atoms with E-state index in [-0.39, 0.29) is 12.0 Å². The maximum absolute atomic E-state index is 10.9. The Labute approximate surface area is 78.9 Å². The monoisotopic (exact) mass is 186 g/mol. The Balaban J connectivity index is 2.60. The van der Waals surface area contributed by atoms with Gasteiger partial charge in [-0.15, -0.1) is 0 Å². The molecule has 1 aliphatic heterocycles. The number of aliphatic carboxylic acids is 1. The minimum Gasteiger partial charge on any atom is -0.481 e. The van der Waals surface area contributed by atoms with Crippen molar-refractivity contribution in [3.8, 4) is 0 Å². The zero-order valence-electron chi connectivity index (χ0n) is 8.29. The molecule has 0 saturated carbocycles. The molecule has 4 nitrogen and oxygen atoms in total. The van der Waals surface area contributed by atoms with Gasteiger partial charge in [-0.3, -0.25) is 4.79 Å². The highest BCUT2D eigenvalue weighted by molar-refractivity contribution is 5.70. The molecule has 1 rings (SSSR count). The number of nitrogens with zero attached hydrogens (tertiary/aromatic N) is 1. The van der Waals surface area contributed by atoms with Gasteiger partial charge in [0.2, 0.25) is 0 Å². The predicted molar refractivity (Wildman–Crippen MR) is 50.7 cm³/mol. The second-order valence-electron chi connectivity index (χ2n) is 3.61. The second-order valence-corrected chi connectivity index (χ2v) is 3.61. The van der Waals surface area contributed by atoms with Gasteiger partial charge in [0.05, 0.1) is 5.92 Å². The second kappa shape index (κ2) is 4.58. The minimum absolute atomic E-state index is 0.149. The summed E-state index contributed by atoms with van der Waals surface area (Å²) in [4.78, 5) is 13.1. The number of hydrogen-bond acceptors (Lipinski definition) is 3. The highest BCUT2D eigenvalue weighted by atomic mass is 16.4. The summed E-state index contributed by atoms with van der Waals surface area (Å²) in [5.41, 5.74) is 0. The van der Waals surface area contributed by atoms with E-state index in [1.54, 1.807) is 0 Å². The van der Waals surface area contributed by atoms with Gasteiger partial charge in [-0.1, -0.05) is 6.92 Å². The highest BCUT2D eigenvalue weighted by Gasteiger charge is 2.30. The third-order valence-corrected chi connectivity index (χ3v) is 2.78. The summed E-state index contributed by atoms with van der Waals surface area (Å²) in [6, 6.07) is 0.149. The van der Waals surface area contributed by atoms with E-state index in [9.17, 15) is 4.79 Å². The Hall–Kier alpha value is -0.610. The largest absolute Gasteiger partial charge is 0.481 e. The van der Waals surface area contributed by atoms with Gasteiger partial charge in [0.15, 0.2) is 0 Å². The normalized spacial score (nSPS) is 27.1. The van der Waals surface area contributed by atoms with Crippen molar-refractivity contribution in [2.24, 2.45) is 5.92 Å². The lowest BCUT2D eigenvalue weighted by molar-refractivity contribution is -0.144. The minimum atomic E-state index is -0.678. The summed E-state index contributed by atoms with van der Waals surface area (Å²) in [7, 11) is 2.00. The average molecular weight is 186 g/mol. The van der Waals surface area contributed by atoms with Crippen LogP contribution >= 0.6 is 0 Å². The van der Waals surface area contributed by atoms with Crippen LogP contribution in [0.5, 0.6) is 0 Å². The van der Waals surface area contributed by atoms with Crippen LogP contribution in [0.4, 0.5) is 0 Å². The van der Waals surface area contributed by atoms with Gasteiger partial charge in [0.1, 0.15) is 0 Å². The maximum atomic E-state index is 10.9. The summed E-state index contributed by atoms with van der Waals surface area (Å²) in [6.45, 7) is 4.63. The summed E-state index contributed by atoms with van der Waals surface area (Å²) in [5.74, 6) is -0.916. The first-order valence-electron chi connectivity index (χ1n) is 4.80. The fourth-order valence-corrected chi connectivity index (χ4v) is 1.89. The first-order chi connectivity index (χ1) is 6.16. The van der Waals surface area contributed by atoms with Gasteiger partial charge < -0.3 is 15.3 Å². The molecule has 1 fully saturated rings.